The number of hydrogen-bond acceptors (Lipinski definition) is 3. The number of pyridine rings is 1. The minimum absolute atomic E-state index is 0.0701. The molecule has 6 heteroatoms. The predicted molar refractivity (Wildman–Crippen MR) is 69.3 cm³/mol. The van der Waals surface area contributed by atoms with Crippen LogP contribution in [0.2, 0.25) is 0 Å². The molecule has 0 radical (unpaired) electrons. The number of nitrogens with zero attached hydrogens (tertiary/aromatic N) is 1. The van der Waals surface area contributed by atoms with Gasteiger partial charge in [-0.1, -0.05) is 0 Å². The fraction of sp³-hybridized carbons (Fsp3) is 0.214. The van der Waals surface area contributed by atoms with Gasteiger partial charge in [0.05, 0.1) is 0 Å². The molecule has 0 fully saturated rings. The van der Waals surface area contributed by atoms with Crippen molar-refractivity contribution in [1.82, 2.24) is 4.98 Å². The standard InChI is InChI=1S/C14H13F3N2O/c1-9(10-4-6-18-7-5-10)19-11-2-3-13(12(15)8-11)20-14(16)17/h2-9,14,19H,1H3. The number of halogens is 3. The molecule has 0 aliphatic carbocycles. The Labute approximate surface area is 114 Å². The highest BCUT2D eigenvalue weighted by Gasteiger charge is 2.11. The van der Waals surface area contributed by atoms with Crippen LogP contribution < -0.4 is 10.1 Å². The molecule has 0 saturated heterocycles. The zero-order chi connectivity index (χ0) is 14.5. The fourth-order valence-corrected chi connectivity index (χ4v) is 1.77. The number of aromatic nitrogens is 1. The van der Waals surface area contributed by atoms with E-state index in [-0.39, 0.29) is 6.04 Å². The first-order valence-corrected chi connectivity index (χ1v) is 5.97. The average Bonchev–Trinajstić information content (AvgIpc) is 2.42. The topological polar surface area (TPSA) is 34.1 Å². The van der Waals surface area contributed by atoms with E-state index in [0.29, 0.717) is 5.69 Å². The van der Waals surface area contributed by atoms with Gasteiger partial charge in [0.15, 0.2) is 11.6 Å². The van der Waals surface area contributed by atoms with Gasteiger partial charge in [0.2, 0.25) is 0 Å². The molecule has 0 bridgehead atoms. The first-order chi connectivity index (χ1) is 9.56. The first-order valence-electron chi connectivity index (χ1n) is 5.97. The zero-order valence-corrected chi connectivity index (χ0v) is 10.7. The molecule has 106 valence electrons. The maximum atomic E-state index is 13.6. The summed E-state index contributed by atoms with van der Waals surface area (Å²) < 4.78 is 41.6. The summed E-state index contributed by atoms with van der Waals surface area (Å²) in [7, 11) is 0. The maximum Gasteiger partial charge on any atom is 0.387 e. The van der Waals surface area contributed by atoms with Crippen molar-refractivity contribution in [3.8, 4) is 5.75 Å². The second kappa shape index (κ2) is 6.27. The zero-order valence-electron chi connectivity index (χ0n) is 10.7. The highest BCUT2D eigenvalue weighted by atomic mass is 19.3. The van der Waals surface area contributed by atoms with Crippen LogP contribution >= 0.6 is 0 Å². The van der Waals surface area contributed by atoms with Crippen LogP contribution in [0.1, 0.15) is 18.5 Å². The quantitative estimate of drug-likeness (QED) is 0.900. The van der Waals surface area contributed by atoms with E-state index in [2.05, 4.69) is 15.0 Å². The molecular weight excluding hydrogens is 269 g/mol. The minimum atomic E-state index is -3.04. The average molecular weight is 282 g/mol. The van der Waals surface area contributed by atoms with Gasteiger partial charge < -0.3 is 10.1 Å². The minimum Gasteiger partial charge on any atom is -0.432 e. The SMILES string of the molecule is CC(Nc1ccc(OC(F)F)c(F)c1)c1ccncc1. The maximum absolute atomic E-state index is 13.6. The predicted octanol–water partition coefficient (Wildman–Crippen LogP) is 4.00. The number of nitrogens with one attached hydrogen (secondary N) is 1. The van der Waals surface area contributed by atoms with Gasteiger partial charge in [-0.15, -0.1) is 0 Å². The fourth-order valence-electron chi connectivity index (χ4n) is 1.77. The van der Waals surface area contributed by atoms with Crippen molar-refractivity contribution >= 4 is 5.69 Å². The summed E-state index contributed by atoms with van der Waals surface area (Å²) in [5, 5.41) is 3.07. The van der Waals surface area contributed by atoms with E-state index in [4.69, 9.17) is 0 Å². The van der Waals surface area contributed by atoms with Crippen LogP contribution in [0.25, 0.3) is 0 Å². The van der Waals surface area contributed by atoms with Crippen molar-refractivity contribution in [2.24, 2.45) is 0 Å². The lowest BCUT2D eigenvalue weighted by atomic mass is 10.1. The van der Waals surface area contributed by atoms with Crippen LogP contribution in [0, 0.1) is 5.82 Å². The van der Waals surface area contributed by atoms with Gasteiger partial charge in [-0.3, -0.25) is 4.98 Å². The smallest absolute Gasteiger partial charge is 0.387 e. The normalized spacial score (nSPS) is 12.2. The van der Waals surface area contributed by atoms with E-state index >= 15 is 0 Å². The molecule has 1 aromatic heterocycles. The Balaban J connectivity index is 2.09. The summed E-state index contributed by atoms with van der Waals surface area (Å²) in [6, 6.07) is 7.38. The lowest BCUT2D eigenvalue weighted by molar-refractivity contribution is -0.0521. The lowest BCUT2D eigenvalue weighted by Crippen LogP contribution is -2.08. The second-order valence-corrected chi connectivity index (χ2v) is 4.17. The number of anilines is 1. The highest BCUT2D eigenvalue weighted by molar-refractivity contribution is 5.48. The van der Waals surface area contributed by atoms with Crippen LogP contribution in [0.3, 0.4) is 0 Å². The number of benzene rings is 1. The molecule has 1 heterocycles. The summed E-state index contributed by atoms with van der Waals surface area (Å²) in [6.07, 6.45) is 3.32. The van der Waals surface area contributed by atoms with E-state index in [9.17, 15) is 13.2 Å². The lowest BCUT2D eigenvalue weighted by Gasteiger charge is -2.16. The molecule has 0 aliphatic heterocycles. The van der Waals surface area contributed by atoms with Crippen molar-refractivity contribution in [3.63, 3.8) is 0 Å². The molecule has 20 heavy (non-hydrogen) atoms. The van der Waals surface area contributed by atoms with E-state index in [1.165, 1.54) is 12.1 Å². The van der Waals surface area contributed by atoms with Crippen molar-refractivity contribution in [2.75, 3.05) is 5.32 Å². The monoisotopic (exact) mass is 282 g/mol. The number of rotatable bonds is 5. The van der Waals surface area contributed by atoms with Gasteiger partial charge in [-0.25, -0.2) is 4.39 Å². The van der Waals surface area contributed by atoms with Crippen LogP contribution in [0.4, 0.5) is 18.9 Å². The Morgan fingerprint density at radius 2 is 1.85 bits per heavy atom. The summed E-state index contributed by atoms with van der Waals surface area (Å²) in [6.45, 7) is -1.14. The molecule has 0 spiro atoms. The molecule has 0 amide bonds. The van der Waals surface area contributed by atoms with Crippen LogP contribution in [0.15, 0.2) is 42.7 Å². The second-order valence-electron chi connectivity index (χ2n) is 4.17. The highest BCUT2D eigenvalue weighted by Crippen LogP contribution is 2.25. The molecule has 1 aromatic carbocycles. The van der Waals surface area contributed by atoms with Crippen molar-refractivity contribution in [2.45, 2.75) is 19.6 Å². The molecule has 1 unspecified atom stereocenters. The van der Waals surface area contributed by atoms with E-state index in [1.807, 2.05) is 19.1 Å². The molecule has 2 rings (SSSR count). The Bertz CT molecular complexity index is 564. The van der Waals surface area contributed by atoms with Crippen molar-refractivity contribution in [1.29, 1.82) is 0 Å². The Hall–Kier alpha value is -2.24. The third kappa shape index (κ3) is 3.63. The first kappa shape index (κ1) is 14.2. The Morgan fingerprint density at radius 3 is 2.45 bits per heavy atom. The Morgan fingerprint density at radius 1 is 1.15 bits per heavy atom. The molecule has 0 saturated carbocycles. The third-order valence-electron chi connectivity index (χ3n) is 2.74. The summed E-state index contributed by atoms with van der Waals surface area (Å²) in [5.41, 5.74) is 1.46. The Kier molecular flexibility index (Phi) is 4.45. The molecule has 1 atom stereocenters. The van der Waals surface area contributed by atoms with Gasteiger partial charge in [-0.2, -0.15) is 8.78 Å². The van der Waals surface area contributed by atoms with Crippen LogP contribution in [0.5, 0.6) is 5.75 Å². The van der Waals surface area contributed by atoms with Crippen LogP contribution in [-0.2, 0) is 0 Å². The van der Waals surface area contributed by atoms with Crippen molar-refractivity contribution < 1.29 is 17.9 Å². The van der Waals surface area contributed by atoms with Gasteiger partial charge >= 0.3 is 6.61 Å². The van der Waals surface area contributed by atoms with Crippen molar-refractivity contribution in [3.05, 3.63) is 54.1 Å². The van der Waals surface area contributed by atoms with E-state index in [1.54, 1.807) is 12.4 Å². The summed E-state index contributed by atoms with van der Waals surface area (Å²) in [5.74, 6) is -1.31. The van der Waals surface area contributed by atoms with E-state index in [0.717, 1.165) is 11.6 Å². The number of alkyl halides is 2. The van der Waals surface area contributed by atoms with E-state index < -0.39 is 18.2 Å². The third-order valence-corrected chi connectivity index (χ3v) is 2.74. The largest absolute Gasteiger partial charge is 0.432 e. The molecule has 0 aliphatic rings. The molecular formula is C14H13F3N2O. The van der Waals surface area contributed by atoms with Gasteiger partial charge in [0.25, 0.3) is 0 Å². The van der Waals surface area contributed by atoms with Crippen LogP contribution in [-0.4, -0.2) is 11.6 Å². The summed E-state index contributed by atoms with van der Waals surface area (Å²) >= 11 is 0. The van der Waals surface area contributed by atoms with Gasteiger partial charge in [0.1, 0.15) is 0 Å². The van der Waals surface area contributed by atoms with Gasteiger partial charge in [-0.05, 0) is 36.8 Å². The molecule has 1 N–H and O–H groups in total. The number of ether oxygens (including phenoxy) is 1. The number of hydrogen-bond donors (Lipinski definition) is 1. The van der Waals surface area contributed by atoms with Gasteiger partial charge in [0, 0.05) is 30.2 Å². The molecule has 2 aromatic rings. The summed E-state index contributed by atoms with van der Waals surface area (Å²) in [4.78, 5) is 3.91. The molecule has 3 nitrogen and oxygen atoms in total.